The Balaban J connectivity index is 1.66. The van der Waals surface area contributed by atoms with E-state index in [0.29, 0.717) is 5.41 Å². The number of allylic oxidation sites excluding steroid dienone is 3. The van der Waals surface area contributed by atoms with Crippen LogP contribution in [-0.2, 0) is 0 Å². The average Bonchev–Trinajstić information content (AvgIpc) is 3.00. The molecule has 6 atom stereocenters. The van der Waals surface area contributed by atoms with Gasteiger partial charge in [-0.1, -0.05) is 56.6 Å². The van der Waals surface area contributed by atoms with Crippen LogP contribution in [0.3, 0.4) is 0 Å². The first kappa shape index (κ1) is 21.8. The standard InChI is InChI=1S/C26H42O2/c1-18(7-5-8-20(3)27)23-14-15-24-22(9-6-16-26(23,24)4)13-12-21-11-10-19(2)25(28)17-21/h12-13,18,20,23-25,27-28H,2,5-11,14-17H2,1,3-4H3/b21-12-,22-13+/t18-,20+,23?,24+,25-,26-/m1/s1. The predicted molar refractivity (Wildman–Crippen MR) is 118 cm³/mol. The normalized spacial score (nSPS) is 38.6. The molecule has 0 aromatic carbocycles. The number of aliphatic hydroxyl groups excluding tert-OH is 2. The second-order valence-corrected chi connectivity index (χ2v) is 10.3. The predicted octanol–water partition coefficient (Wildman–Crippen LogP) is 6.34. The van der Waals surface area contributed by atoms with Gasteiger partial charge in [-0.25, -0.2) is 0 Å². The van der Waals surface area contributed by atoms with Crippen molar-refractivity contribution in [3.05, 3.63) is 35.5 Å². The molecule has 0 amide bonds. The highest BCUT2D eigenvalue weighted by Gasteiger charge is 2.50. The van der Waals surface area contributed by atoms with Crippen LogP contribution in [0.15, 0.2) is 35.5 Å². The van der Waals surface area contributed by atoms with E-state index < -0.39 is 0 Å². The van der Waals surface area contributed by atoms with Crippen molar-refractivity contribution in [2.45, 2.75) is 104 Å². The van der Waals surface area contributed by atoms with E-state index in [-0.39, 0.29) is 12.2 Å². The van der Waals surface area contributed by atoms with E-state index in [1.165, 1.54) is 44.1 Å². The lowest BCUT2D eigenvalue weighted by atomic mass is 9.60. The zero-order chi connectivity index (χ0) is 20.3. The third-order valence-electron chi connectivity index (χ3n) is 8.23. The number of hydrogen-bond donors (Lipinski definition) is 2. The molecule has 0 aliphatic heterocycles. The summed E-state index contributed by atoms with van der Waals surface area (Å²) in [6.45, 7) is 10.9. The minimum atomic E-state index is -0.339. The molecule has 3 fully saturated rings. The second kappa shape index (κ2) is 9.30. The molecule has 158 valence electrons. The van der Waals surface area contributed by atoms with E-state index >= 15 is 0 Å². The molecule has 28 heavy (non-hydrogen) atoms. The van der Waals surface area contributed by atoms with Crippen LogP contribution in [0.5, 0.6) is 0 Å². The van der Waals surface area contributed by atoms with Gasteiger partial charge in [0, 0.05) is 0 Å². The summed E-state index contributed by atoms with van der Waals surface area (Å²) in [6.07, 6.45) is 17.0. The summed E-state index contributed by atoms with van der Waals surface area (Å²) in [6, 6.07) is 0. The molecule has 0 spiro atoms. The molecule has 3 aliphatic rings. The van der Waals surface area contributed by atoms with Crippen molar-refractivity contribution in [1.29, 1.82) is 0 Å². The van der Waals surface area contributed by atoms with E-state index in [9.17, 15) is 10.2 Å². The van der Waals surface area contributed by atoms with Crippen LogP contribution >= 0.6 is 0 Å². The van der Waals surface area contributed by atoms with Gasteiger partial charge in [0.05, 0.1) is 12.2 Å². The topological polar surface area (TPSA) is 40.5 Å². The first-order chi connectivity index (χ1) is 13.3. The third kappa shape index (κ3) is 4.82. The summed E-state index contributed by atoms with van der Waals surface area (Å²) in [5.41, 5.74) is 4.51. The third-order valence-corrected chi connectivity index (χ3v) is 8.23. The molecule has 0 radical (unpaired) electrons. The molecule has 2 N–H and O–H groups in total. The summed E-state index contributed by atoms with van der Waals surface area (Å²) >= 11 is 0. The van der Waals surface area contributed by atoms with E-state index in [0.717, 1.165) is 55.4 Å². The van der Waals surface area contributed by atoms with Crippen LogP contribution in [0.1, 0.15) is 91.4 Å². The molecule has 0 bridgehead atoms. The summed E-state index contributed by atoms with van der Waals surface area (Å²) in [5, 5.41) is 19.7. The molecule has 3 rings (SSSR count). The van der Waals surface area contributed by atoms with Crippen LogP contribution in [0.4, 0.5) is 0 Å². The summed E-state index contributed by atoms with van der Waals surface area (Å²) in [5.74, 6) is 2.32. The molecule has 2 heteroatoms. The fraction of sp³-hybridized carbons (Fsp3) is 0.769. The molecule has 0 heterocycles. The van der Waals surface area contributed by atoms with Crippen LogP contribution in [0, 0.1) is 23.2 Å². The van der Waals surface area contributed by atoms with Gasteiger partial charge in [-0.05, 0) is 93.5 Å². The van der Waals surface area contributed by atoms with Gasteiger partial charge in [-0.15, -0.1) is 0 Å². The van der Waals surface area contributed by atoms with Gasteiger partial charge >= 0.3 is 0 Å². The van der Waals surface area contributed by atoms with Gasteiger partial charge in [0.15, 0.2) is 0 Å². The van der Waals surface area contributed by atoms with E-state index in [4.69, 9.17) is 0 Å². The molecule has 1 unspecified atom stereocenters. The Kier molecular flexibility index (Phi) is 7.26. The number of fused-ring (bicyclic) bond motifs is 1. The van der Waals surface area contributed by atoms with Crippen molar-refractivity contribution in [2.24, 2.45) is 23.2 Å². The van der Waals surface area contributed by atoms with Crippen LogP contribution in [0.2, 0.25) is 0 Å². The van der Waals surface area contributed by atoms with Crippen molar-refractivity contribution in [1.82, 2.24) is 0 Å². The number of aliphatic hydroxyl groups is 2. The van der Waals surface area contributed by atoms with Crippen LogP contribution in [0.25, 0.3) is 0 Å². The minimum absolute atomic E-state index is 0.160. The van der Waals surface area contributed by atoms with Crippen molar-refractivity contribution >= 4 is 0 Å². The highest BCUT2D eigenvalue weighted by atomic mass is 16.3. The zero-order valence-corrected chi connectivity index (χ0v) is 18.4. The van der Waals surface area contributed by atoms with Crippen molar-refractivity contribution in [3.8, 4) is 0 Å². The first-order valence-electron chi connectivity index (χ1n) is 11.7. The maximum Gasteiger partial charge on any atom is 0.0784 e. The Hall–Kier alpha value is -0.860. The Morgan fingerprint density at radius 2 is 1.93 bits per heavy atom. The lowest BCUT2D eigenvalue weighted by Crippen LogP contribution is -2.36. The monoisotopic (exact) mass is 386 g/mol. The van der Waals surface area contributed by atoms with Gasteiger partial charge < -0.3 is 10.2 Å². The van der Waals surface area contributed by atoms with Gasteiger partial charge in [0.25, 0.3) is 0 Å². The molecular formula is C26H42O2. The highest BCUT2D eigenvalue weighted by Crippen LogP contribution is 2.59. The van der Waals surface area contributed by atoms with E-state index in [1.807, 2.05) is 6.92 Å². The fourth-order valence-electron chi connectivity index (χ4n) is 6.51. The Morgan fingerprint density at radius 1 is 1.14 bits per heavy atom. The lowest BCUT2D eigenvalue weighted by molar-refractivity contribution is 0.0907. The molecule has 3 saturated carbocycles. The zero-order valence-electron chi connectivity index (χ0n) is 18.4. The molecule has 0 saturated heterocycles. The van der Waals surface area contributed by atoms with Crippen molar-refractivity contribution < 1.29 is 10.2 Å². The fourth-order valence-corrected chi connectivity index (χ4v) is 6.51. The highest BCUT2D eigenvalue weighted by molar-refractivity contribution is 5.28. The van der Waals surface area contributed by atoms with Gasteiger partial charge in [-0.3, -0.25) is 0 Å². The smallest absolute Gasteiger partial charge is 0.0784 e. The second-order valence-electron chi connectivity index (χ2n) is 10.3. The maximum absolute atomic E-state index is 10.1. The molecule has 0 aromatic heterocycles. The summed E-state index contributed by atoms with van der Waals surface area (Å²) in [4.78, 5) is 0. The Bertz CT molecular complexity index is 614. The first-order valence-corrected chi connectivity index (χ1v) is 11.7. The molecule has 0 aromatic rings. The lowest BCUT2D eigenvalue weighted by Gasteiger charge is -2.44. The van der Waals surface area contributed by atoms with Crippen LogP contribution < -0.4 is 0 Å². The number of hydrogen-bond acceptors (Lipinski definition) is 2. The van der Waals surface area contributed by atoms with Crippen LogP contribution in [-0.4, -0.2) is 22.4 Å². The summed E-state index contributed by atoms with van der Waals surface area (Å²) < 4.78 is 0. The minimum Gasteiger partial charge on any atom is -0.393 e. The van der Waals surface area contributed by atoms with E-state index in [1.54, 1.807) is 5.57 Å². The molecule has 2 nitrogen and oxygen atoms in total. The maximum atomic E-state index is 10.1. The number of rotatable bonds is 6. The average molecular weight is 387 g/mol. The van der Waals surface area contributed by atoms with E-state index in [2.05, 4.69) is 32.6 Å². The molecular weight excluding hydrogens is 344 g/mol. The molecule has 3 aliphatic carbocycles. The quantitative estimate of drug-likeness (QED) is 0.523. The largest absolute Gasteiger partial charge is 0.393 e. The van der Waals surface area contributed by atoms with Crippen molar-refractivity contribution in [2.75, 3.05) is 0 Å². The Labute approximate surface area is 172 Å². The Morgan fingerprint density at radius 3 is 2.64 bits per heavy atom. The summed E-state index contributed by atoms with van der Waals surface area (Å²) in [7, 11) is 0. The van der Waals surface area contributed by atoms with Gasteiger partial charge in [0.1, 0.15) is 0 Å². The van der Waals surface area contributed by atoms with Crippen molar-refractivity contribution in [3.63, 3.8) is 0 Å². The van der Waals surface area contributed by atoms with Gasteiger partial charge in [-0.2, -0.15) is 0 Å². The SMILES string of the molecule is C=C1CC/C(=C/C=C2\CCC[C@]3(C)C([C@H](C)CCC[C@H](C)O)CC[C@@H]23)C[C@H]1O. The van der Waals surface area contributed by atoms with Gasteiger partial charge in [0.2, 0.25) is 0 Å².